The number of nitriles is 1. The van der Waals surface area contributed by atoms with Gasteiger partial charge in [-0.3, -0.25) is 15.5 Å². The molecule has 0 amide bonds. The number of nitro benzene ring substituents is 1. The largest absolute Gasteiger partial charge is 0.497 e. The number of nitrogens with zero attached hydrogens (tertiary/aromatic N) is 5. The van der Waals surface area contributed by atoms with Crippen molar-refractivity contribution in [1.29, 1.82) is 5.26 Å². The van der Waals surface area contributed by atoms with Crippen LogP contribution in [0.25, 0.3) is 11.3 Å². The van der Waals surface area contributed by atoms with E-state index in [-0.39, 0.29) is 17.1 Å². The number of hydrazone groups is 1. The van der Waals surface area contributed by atoms with E-state index in [2.05, 4.69) is 40.4 Å². The number of ether oxygens (including phenoxy) is 1. The molecule has 2 aromatic carbocycles. The summed E-state index contributed by atoms with van der Waals surface area (Å²) in [4.78, 5) is 19.5. The van der Waals surface area contributed by atoms with E-state index in [4.69, 9.17) is 4.74 Å². The summed E-state index contributed by atoms with van der Waals surface area (Å²) in [7, 11) is 1.59. The molecule has 0 atom stereocenters. The fourth-order valence-corrected chi connectivity index (χ4v) is 3.53. The van der Waals surface area contributed by atoms with Gasteiger partial charge in [-0.2, -0.15) is 10.4 Å². The molecule has 3 aromatic rings. The van der Waals surface area contributed by atoms with Gasteiger partial charge in [0.15, 0.2) is 11.0 Å². The molecule has 0 fully saturated rings. The zero-order valence-electron chi connectivity index (χ0n) is 18.3. The Labute approximate surface area is 195 Å². The van der Waals surface area contributed by atoms with Crippen molar-refractivity contribution in [3.63, 3.8) is 0 Å². The highest BCUT2D eigenvalue weighted by Crippen LogP contribution is 2.30. The molecule has 0 saturated carbocycles. The Kier molecular flexibility index (Phi) is 7.94. The molecule has 0 aliphatic carbocycles. The normalized spacial score (nSPS) is 10.9. The second kappa shape index (κ2) is 11.1. The van der Waals surface area contributed by atoms with E-state index in [1.54, 1.807) is 31.4 Å². The van der Waals surface area contributed by atoms with Crippen molar-refractivity contribution in [2.45, 2.75) is 19.0 Å². The summed E-state index contributed by atoms with van der Waals surface area (Å²) in [6.07, 6.45) is 1.50. The van der Waals surface area contributed by atoms with Crippen LogP contribution in [-0.2, 0) is 0 Å². The van der Waals surface area contributed by atoms with Crippen LogP contribution in [0.3, 0.4) is 0 Å². The molecular formula is C23H22N6O3S. The van der Waals surface area contributed by atoms with Crippen molar-refractivity contribution in [3.05, 3.63) is 69.8 Å². The average Bonchev–Trinajstić information content (AvgIpc) is 2.82. The number of methoxy groups -OCH3 is 1. The standard InChI is InChI=1S/C23H22N6O3S/c1-15(2)14-33-23-26-21(17-6-10-19(32-3)11-7-17)20(12-24)22(27-23)28-25-13-16-4-8-18(9-5-16)29(30)31/h4-11,13,15H,14H2,1-3H3,(H,26,27,28)/b25-13-. The fraction of sp³-hybridized carbons (Fsp3) is 0.217. The third kappa shape index (κ3) is 6.27. The number of aromatic nitrogens is 2. The summed E-state index contributed by atoms with van der Waals surface area (Å²) in [6, 6.07) is 15.4. The van der Waals surface area contributed by atoms with E-state index in [1.165, 1.54) is 30.1 Å². The Morgan fingerprint density at radius 3 is 2.48 bits per heavy atom. The van der Waals surface area contributed by atoms with Crippen LogP contribution in [0.4, 0.5) is 11.5 Å². The molecule has 0 radical (unpaired) electrons. The number of non-ortho nitro benzene ring substituents is 1. The SMILES string of the molecule is COc1ccc(-c2nc(SCC(C)C)nc(N/N=C\c3ccc([N+](=O)[O-])cc3)c2C#N)cc1. The Morgan fingerprint density at radius 1 is 1.21 bits per heavy atom. The number of thioether (sulfide) groups is 1. The van der Waals surface area contributed by atoms with Gasteiger partial charge in [-0.05, 0) is 47.9 Å². The molecule has 1 N–H and O–H groups in total. The molecule has 0 aliphatic rings. The van der Waals surface area contributed by atoms with Gasteiger partial charge in [0.2, 0.25) is 0 Å². The fourth-order valence-electron chi connectivity index (χ4n) is 2.74. The second-order valence-electron chi connectivity index (χ2n) is 7.34. The van der Waals surface area contributed by atoms with Gasteiger partial charge in [-0.25, -0.2) is 9.97 Å². The van der Waals surface area contributed by atoms with Gasteiger partial charge in [0.25, 0.3) is 5.69 Å². The Bertz CT molecular complexity index is 1190. The predicted octanol–water partition coefficient (Wildman–Crippen LogP) is 5.13. The number of hydrogen-bond acceptors (Lipinski definition) is 9. The van der Waals surface area contributed by atoms with Crippen molar-refractivity contribution in [2.24, 2.45) is 11.0 Å². The van der Waals surface area contributed by atoms with Crippen molar-refractivity contribution >= 4 is 29.5 Å². The summed E-state index contributed by atoms with van der Waals surface area (Å²) >= 11 is 1.50. The van der Waals surface area contributed by atoms with Crippen LogP contribution in [0, 0.1) is 27.4 Å². The first-order valence-corrected chi connectivity index (χ1v) is 11.0. The molecule has 0 aliphatic heterocycles. The molecule has 3 rings (SSSR count). The molecule has 0 unspecified atom stereocenters. The van der Waals surface area contributed by atoms with Crippen LogP contribution in [-0.4, -0.2) is 34.0 Å². The first kappa shape index (κ1) is 23.7. The second-order valence-corrected chi connectivity index (χ2v) is 8.33. The lowest BCUT2D eigenvalue weighted by Gasteiger charge is -2.12. The molecule has 0 bridgehead atoms. The molecule has 168 valence electrons. The van der Waals surface area contributed by atoms with E-state index in [0.717, 1.165) is 11.3 Å². The molecule has 1 aromatic heterocycles. The Hall–Kier alpha value is -3.97. The summed E-state index contributed by atoms with van der Waals surface area (Å²) in [5.41, 5.74) is 5.00. The topological polar surface area (TPSA) is 126 Å². The number of nitrogens with one attached hydrogen (secondary N) is 1. The van der Waals surface area contributed by atoms with Gasteiger partial charge in [0.1, 0.15) is 17.4 Å². The van der Waals surface area contributed by atoms with Crippen molar-refractivity contribution in [2.75, 3.05) is 18.3 Å². The highest BCUT2D eigenvalue weighted by molar-refractivity contribution is 7.99. The van der Waals surface area contributed by atoms with Gasteiger partial charge in [0.05, 0.1) is 23.9 Å². The van der Waals surface area contributed by atoms with Gasteiger partial charge in [-0.15, -0.1) is 0 Å². The van der Waals surface area contributed by atoms with Crippen molar-refractivity contribution < 1.29 is 9.66 Å². The number of rotatable bonds is 9. The van der Waals surface area contributed by atoms with Crippen molar-refractivity contribution in [1.82, 2.24) is 9.97 Å². The summed E-state index contributed by atoms with van der Waals surface area (Å²) in [5, 5.41) is 25.4. The number of benzene rings is 2. The lowest BCUT2D eigenvalue weighted by atomic mass is 10.1. The van der Waals surface area contributed by atoms with Crippen molar-refractivity contribution in [3.8, 4) is 23.1 Å². The first-order chi connectivity index (χ1) is 15.9. The zero-order chi connectivity index (χ0) is 23.8. The minimum absolute atomic E-state index is 0.00127. The number of anilines is 1. The maximum atomic E-state index is 10.8. The Balaban J connectivity index is 1.94. The van der Waals surface area contributed by atoms with Gasteiger partial charge in [0, 0.05) is 23.4 Å². The van der Waals surface area contributed by atoms with Crippen LogP contribution in [0.2, 0.25) is 0 Å². The minimum atomic E-state index is -0.462. The predicted molar refractivity (Wildman–Crippen MR) is 129 cm³/mol. The molecule has 0 spiro atoms. The number of nitro groups is 1. The summed E-state index contributed by atoms with van der Waals surface area (Å²) in [6.45, 7) is 4.21. The van der Waals surface area contributed by atoms with Crippen LogP contribution in [0.15, 0.2) is 58.8 Å². The Morgan fingerprint density at radius 2 is 1.91 bits per heavy atom. The van der Waals surface area contributed by atoms with E-state index < -0.39 is 4.92 Å². The highest BCUT2D eigenvalue weighted by Gasteiger charge is 2.17. The molecular weight excluding hydrogens is 440 g/mol. The smallest absolute Gasteiger partial charge is 0.269 e. The first-order valence-electron chi connectivity index (χ1n) is 10.0. The third-order valence-corrected chi connectivity index (χ3v) is 5.67. The van der Waals surface area contributed by atoms with E-state index >= 15 is 0 Å². The highest BCUT2D eigenvalue weighted by atomic mass is 32.2. The van der Waals surface area contributed by atoms with Gasteiger partial charge >= 0.3 is 0 Å². The van der Waals surface area contributed by atoms with Crippen LogP contribution >= 0.6 is 11.8 Å². The lowest BCUT2D eigenvalue weighted by molar-refractivity contribution is -0.384. The van der Waals surface area contributed by atoms with Gasteiger partial charge in [-0.1, -0.05) is 25.6 Å². The molecule has 9 nitrogen and oxygen atoms in total. The summed E-state index contributed by atoms with van der Waals surface area (Å²) < 4.78 is 5.22. The van der Waals surface area contributed by atoms with E-state index in [0.29, 0.717) is 28.1 Å². The van der Waals surface area contributed by atoms with E-state index in [9.17, 15) is 15.4 Å². The summed E-state index contributed by atoms with van der Waals surface area (Å²) in [5.74, 6) is 2.24. The third-order valence-electron chi connectivity index (χ3n) is 4.40. The number of hydrogen-bond donors (Lipinski definition) is 1. The lowest BCUT2D eigenvalue weighted by Crippen LogP contribution is -2.04. The molecule has 1 heterocycles. The molecule has 10 heteroatoms. The average molecular weight is 463 g/mol. The maximum Gasteiger partial charge on any atom is 0.269 e. The van der Waals surface area contributed by atoms with Crippen LogP contribution in [0.1, 0.15) is 25.0 Å². The van der Waals surface area contributed by atoms with Crippen LogP contribution in [0.5, 0.6) is 5.75 Å². The maximum absolute atomic E-state index is 10.8. The monoisotopic (exact) mass is 462 g/mol. The quantitative estimate of drug-likeness (QED) is 0.152. The molecule has 0 saturated heterocycles. The van der Waals surface area contributed by atoms with Gasteiger partial charge < -0.3 is 4.74 Å². The minimum Gasteiger partial charge on any atom is -0.497 e. The van der Waals surface area contributed by atoms with Crippen LogP contribution < -0.4 is 10.2 Å². The zero-order valence-corrected chi connectivity index (χ0v) is 19.2. The molecule has 33 heavy (non-hydrogen) atoms. The van der Waals surface area contributed by atoms with E-state index in [1.807, 2.05) is 12.1 Å².